The van der Waals surface area contributed by atoms with E-state index in [4.69, 9.17) is 9.84 Å². The Kier molecular flexibility index (Phi) is 6.69. The maximum Gasteiger partial charge on any atom is 0.118 e. The van der Waals surface area contributed by atoms with Crippen LogP contribution < -0.4 is 10.1 Å². The van der Waals surface area contributed by atoms with E-state index in [1.807, 2.05) is 12.1 Å². The Bertz CT molecular complexity index is 781. The highest BCUT2D eigenvalue weighted by Gasteiger charge is 2.38. The summed E-state index contributed by atoms with van der Waals surface area (Å²) >= 11 is 0. The van der Waals surface area contributed by atoms with Gasteiger partial charge in [-0.3, -0.25) is 9.58 Å². The lowest BCUT2D eigenvalue weighted by molar-refractivity contribution is 0.193. The minimum atomic E-state index is 0. The lowest BCUT2D eigenvalue weighted by atomic mass is 9.78. The minimum Gasteiger partial charge on any atom is -0.497 e. The lowest BCUT2D eigenvalue weighted by Crippen LogP contribution is -2.38. The summed E-state index contributed by atoms with van der Waals surface area (Å²) in [5.41, 5.74) is 5.70. The van der Waals surface area contributed by atoms with Gasteiger partial charge in [0.15, 0.2) is 0 Å². The third-order valence-corrected chi connectivity index (χ3v) is 6.59. The molecule has 2 aromatic rings. The zero-order valence-corrected chi connectivity index (χ0v) is 18.1. The topological polar surface area (TPSA) is 42.3 Å². The number of ether oxygens (including phenoxy) is 1. The molecule has 3 heterocycles. The Morgan fingerprint density at radius 2 is 1.79 bits per heavy atom. The van der Waals surface area contributed by atoms with Crippen LogP contribution in [0.3, 0.4) is 0 Å². The predicted molar refractivity (Wildman–Crippen MR) is 115 cm³/mol. The van der Waals surface area contributed by atoms with E-state index in [0.29, 0.717) is 5.41 Å². The molecule has 1 spiro atoms. The molecule has 0 atom stereocenters. The molecule has 0 bridgehead atoms. The van der Waals surface area contributed by atoms with Gasteiger partial charge >= 0.3 is 0 Å². The van der Waals surface area contributed by atoms with Crippen LogP contribution in [-0.2, 0) is 13.1 Å². The van der Waals surface area contributed by atoms with Crippen molar-refractivity contribution >= 4 is 12.4 Å². The second kappa shape index (κ2) is 8.85. The number of rotatable bonds is 5. The molecule has 2 aliphatic rings. The summed E-state index contributed by atoms with van der Waals surface area (Å²) in [5.74, 6) is 0.897. The first-order chi connectivity index (χ1) is 13.1. The number of methoxy groups -OCH3 is 1. The van der Waals surface area contributed by atoms with E-state index in [-0.39, 0.29) is 12.4 Å². The number of nitrogens with one attached hydrogen (secondary N) is 1. The second-order valence-electron chi connectivity index (χ2n) is 8.37. The predicted octanol–water partition coefficient (Wildman–Crippen LogP) is 3.55. The number of hydrogen-bond acceptors (Lipinski definition) is 4. The molecule has 6 heteroatoms. The average Bonchev–Trinajstić information content (AvgIpc) is 3.19. The van der Waals surface area contributed by atoms with Crippen LogP contribution in [0.4, 0.5) is 0 Å². The molecule has 1 N–H and O–H groups in total. The Labute approximate surface area is 174 Å². The summed E-state index contributed by atoms with van der Waals surface area (Å²) in [4.78, 5) is 2.65. The first kappa shape index (κ1) is 21.2. The van der Waals surface area contributed by atoms with Crippen LogP contribution in [0.1, 0.15) is 41.8 Å². The Morgan fingerprint density at radius 1 is 1.07 bits per heavy atom. The van der Waals surface area contributed by atoms with Crippen molar-refractivity contribution in [3.63, 3.8) is 0 Å². The van der Waals surface area contributed by atoms with Crippen molar-refractivity contribution in [1.29, 1.82) is 0 Å². The maximum absolute atomic E-state index is 5.26. The minimum absolute atomic E-state index is 0. The molecule has 0 aliphatic carbocycles. The van der Waals surface area contributed by atoms with Crippen LogP contribution in [0.2, 0.25) is 0 Å². The summed E-state index contributed by atoms with van der Waals surface area (Å²) in [6.45, 7) is 11.1. The van der Waals surface area contributed by atoms with Gasteiger partial charge in [0.1, 0.15) is 5.75 Å². The number of piperidine rings is 1. The van der Waals surface area contributed by atoms with Crippen LogP contribution >= 0.6 is 12.4 Å². The van der Waals surface area contributed by atoms with E-state index in [1.54, 1.807) is 7.11 Å². The van der Waals surface area contributed by atoms with Gasteiger partial charge in [0.2, 0.25) is 0 Å². The number of likely N-dealkylation sites (tertiary alicyclic amines) is 1. The molecule has 4 rings (SSSR count). The number of benzene rings is 1. The molecule has 0 unspecified atom stereocenters. The fourth-order valence-corrected chi connectivity index (χ4v) is 4.77. The van der Waals surface area contributed by atoms with Crippen LogP contribution in [-0.4, -0.2) is 48.0 Å². The molecule has 154 valence electrons. The van der Waals surface area contributed by atoms with E-state index in [2.05, 4.69) is 40.9 Å². The molecule has 0 radical (unpaired) electrons. The van der Waals surface area contributed by atoms with Crippen molar-refractivity contribution in [2.75, 3.05) is 33.3 Å². The highest BCUT2D eigenvalue weighted by Crippen LogP contribution is 2.39. The fourth-order valence-electron chi connectivity index (χ4n) is 4.77. The number of nitrogens with zero attached hydrogens (tertiary/aromatic N) is 3. The van der Waals surface area contributed by atoms with E-state index >= 15 is 0 Å². The standard InChI is InChI=1S/C22H32N4O.ClH/c1-17-21(15-25-13-10-22(16-25)8-11-23-12-9-22)18(2)26(24-17)14-19-4-6-20(27-3)7-5-19;/h4-7,23H,8-16H2,1-3H3;1H. The number of aryl methyl sites for hydroxylation is 1. The Hall–Kier alpha value is -1.56. The molecule has 1 aromatic carbocycles. The molecule has 28 heavy (non-hydrogen) atoms. The lowest BCUT2D eigenvalue weighted by Gasteiger charge is -2.34. The normalized spacial score (nSPS) is 19.0. The van der Waals surface area contributed by atoms with E-state index in [1.165, 1.54) is 68.0 Å². The molecule has 0 amide bonds. The highest BCUT2D eigenvalue weighted by molar-refractivity contribution is 5.85. The summed E-state index contributed by atoms with van der Waals surface area (Å²) in [7, 11) is 1.70. The number of halogens is 1. The first-order valence-electron chi connectivity index (χ1n) is 10.2. The Balaban J connectivity index is 0.00000225. The third-order valence-electron chi connectivity index (χ3n) is 6.59. The molecule has 2 aliphatic heterocycles. The van der Waals surface area contributed by atoms with Gasteiger partial charge in [0, 0.05) is 24.3 Å². The van der Waals surface area contributed by atoms with Crippen molar-refractivity contribution < 1.29 is 4.74 Å². The largest absolute Gasteiger partial charge is 0.497 e. The van der Waals surface area contributed by atoms with Crippen molar-refractivity contribution in [3.8, 4) is 5.75 Å². The smallest absolute Gasteiger partial charge is 0.118 e. The fraction of sp³-hybridized carbons (Fsp3) is 0.591. The molecular formula is C22H33ClN4O. The maximum atomic E-state index is 5.26. The van der Waals surface area contributed by atoms with Gasteiger partial charge in [0.25, 0.3) is 0 Å². The van der Waals surface area contributed by atoms with E-state index in [9.17, 15) is 0 Å². The van der Waals surface area contributed by atoms with Gasteiger partial charge in [-0.15, -0.1) is 12.4 Å². The molecule has 1 aromatic heterocycles. The van der Waals surface area contributed by atoms with Gasteiger partial charge in [-0.05, 0) is 75.9 Å². The third kappa shape index (κ3) is 4.37. The monoisotopic (exact) mass is 404 g/mol. The SMILES string of the molecule is COc1ccc(Cn2nc(C)c(CN3CCC4(CCNCC4)C3)c2C)cc1.Cl. The molecule has 2 saturated heterocycles. The zero-order chi connectivity index (χ0) is 18.9. The van der Waals surface area contributed by atoms with E-state index in [0.717, 1.165) is 18.8 Å². The van der Waals surface area contributed by atoms with E-state index < -0.39 is 0 Å². The molecule has 2 fully saturated rings. The zero-order valence-electron chi connectivity index (χ0n) is 17.3. The van der Waals surface area contributed by atoms with Crippen LogP contribution in [0.5, 0.6) is 5.75 Å². The van der Waals surface area contributed by atoms with Gasteiger partial charge in [-0.25, -0.2) is 0 Å². The quantitative estimate of drug-likeness (QED) is 0.827. The second-order valence-corrected chi connectivity index (χ2v) is 8.37. The number of hydrogen-bond donors (Lipinski definition) is 1. The van der Waals surface area contributed by atoms with Gasteiger partial charge in [-0.1, -0.05) is 12.1 Å². The van der Waals surface area contributed by atoms with Crippen molar-refractivity contribution in [1.82, 2.24) is 20.0 Å². The summed E-state index contributed by atoms with van der Waals surface area (Å²) < 4.78 is 7.41. The van der Waals surface area contributed by atoms with Crippen LogP contribution in [0.15, 0.2) is 24.3 Å². The van der Waals surface area contributed by atoms with Crippen LogP contribution in [0.25, 0.3) is 0 Å². The highest BCUT2D eigenvalue weighted by atomic mass is 35.5. The van der Waals surface area contributed by atoms with Crippen molar-refractivity contribution in [2.24, 2.45) is 5.41 Å². The average molecular weight is 405 g/mol. The molecule has 0 saturated carbocycles. The first-order valence-corrected chi connectivity index (χ1v) is 10.2. The summed E-state index contributed by atoms with van der Waals surface area (Å²) in [6, 6.07) is 8.28. The van der Waals surface area contributed by atoms with Gasteiger partial charge < -0.3 is 10.1 Å². The van der Waals surface area contributed by atoms with Crippen LogP contribution in [0, 0.1) is 19.3 Å². The molecule has 5 nitrogen and oxygen atoms in total. The van der Waals surface area contributed by atoms with Gasteiger partial charge in [0.05, 0.1) is 19.3 Å². The Morgan fingerprint density at radius 3 is 2.46 bits per heavy atom. The number of aromatic nitrogens is 2. The van der Waals surface area contributed by atoms with Crippen molar-refractivity contribution in [2.45, 2.75) is 46.2 Å². The summed E-state index contributed by atoms with van der Waals surface area (Å²) in [5, 5.41) is 8.36. The molecular weight excluding hydrogens is 372 g/mol. The van der Waals surface area contributed by atoms with Crippen molar-refractivity contribution in [3.05, 3.63) is 46.8 Å². The summed E-state index contributed by atoms with van der Waals surface area (Å²) in [6.07, 6.45) is 4.02. The van der Waals surface area contributed by atoms with Gasteiger partial charge in [-0.2, -0.15) is 5.10 Å².